The maximum absolute atomic E-state index is 12.9. The predicted octanol–water partition coefficient (Wildman–Crippen LogP) is 4.07. The van der Waals surface area contributed by atoms with E-state index in [1.165, 1.54) is 47.0 Å². The molecule has 2 N–H and O–H groups in total. The van der Waals surface area contributed by atoms with Gasteiger partial charge in [0.1, 0.15) is 0 Å². The van der Waals surface area contributed by atoms with E-state index in [1.807, 2.05) is 6.26 Å². The van der Waals surface area contributed by atoms with Gasteiger partial charge in [-0.25, -0.2) is 0 Å². The highest BCUT2D eigenvalue weighted by atomic mass is 32.2. The highest BCUT2D eigenvalue weighted by molar-refractivity contribution is 8.02. The lowest BCUT2D eigenvalue weighted by molar-refractivity contribution is -0.138. The molecule has 1 aromatic carbocycles. The molecule has 0 aliphatic heterocycles. The van der Waals surface area contributed by atoms with E-state index in [1.54, 1.807) is 6.07 Å². The van der Waals surface area contributed by atoms with Crippen molar-refractivity contribution in [3.63, 3.8) is 0 Å². The van der Waals surface area contributed by atoms with Gasteiger partial charge in [-0.15, -0.1) is 10.2 Å². The van der Waals surface area contributed by atoms with E-state index in [-0.39, 0.29) is 5.56 Å². The molecule has 0 radical (unpaired) electrons. The molecule has 3 nitrogen and oxygen atoms in total. The van der Waals surface area contributed by atoms with E-state index >= 15 is 0 Å². The quantitative estimate of drug-likeness (QED) is 0.823. The van der Waals surface area contributed by atoms with Gasteiger partial charge < -0.3 is 5.73 Å². The first-order valence-corrected chi connectivity index (χ1v) is 8.86. The standard InChI is InChI=1S/C12H12F3N3S3/c1-19-10-17-18-11(21-10)20-6-9(16)7-4-2-3-5-8(7)12(13,14)15/h2-5,9H,6,16H2,1H3. The third kappa shape index (κ3) is 4.35. The summed E-state index contributed by atoms with van der Waals surface area (Å²) in [4.78, 5) is 0. The van der Waals surface area contributed by atoms with Gasteiger partial charge in [-0.1, -0.05) is 53.1 Å². The Labute approximate surface area is 132 Å². The smallest absolute Gasteiger partial charge is 0.323 e. The molecule has 9 heteroatoms. The maximum Gasteiger partial charge on any atom is 0.416 e. The largest absolute Gasteiger partial charge is 0.416 e. The highest BCUT2D eigenvalue weighted by Crippen LogP contribution is 2.36. The normalized spacial score (nSPS) is 13.4. The first-order valence-electron chi connectivity index (χ1n) is 5.84. The summed E-state index contributed by atoms with van der Waals surface area (Å²) in [6.45, 7) is 0. The minimum absolute atomic E-state index is 0.104. The number of halogens is 3. The summed E-state index contributed by atoms with van der Waals surface area (Å²) in [5.74, 6) is 0.316. The first-order chi connectivity index (χ1) is 9.91. The number of hydrogen-bond acceptors (Lipinski definition) is 6. The lowest BCUT2D eigenvalue weighted by atomic mass is 10.0. The van der Waals surface area contributed by atoms with E-state index in [0.717, 1.165) is 10.4 Å². The summed E-state index contributed by atoms with van der Waals surface area (Å²) < 4.78 is 40.3. The van der Waals surface area contributed by atoms with Gasteiger partial charge in [-0.05, 0) is 17.9 Å². The number of nitrogens with zero attached hydrogens (tertiary/aromatic N) is 2. The van der Waals surface area contributed by atoms with Crippen molar-refractivity contribution in [2.45, 2.75) is 20.9 Å². The van der Waals surface area contributed by atoms with Gasteiger partial charge >= 0.3 is 6.18 Å². The van der Waals surface area contributed by atoms with Gasteiger partial charge in [0.05, 0.1) is 5.56 Å². The van der Waals surface area contributed by atoms with Crippen LogP contribution in [0.15, 0.2) is 32.9 Å². The third-order valence-corrected chi connectivity index (χ3v) is 5.77. The summed E-state index contributed by atoms with van der Waals surface area (Å²) in [5, 5.41) is 7.89. The van der Waals surface area contributed by atoms with E-state index in [0.29, 0.717) is 10.1 Å². The molecule has 0 spiro atoms. The zero-order chi connectivity index (χ0) is 15.5. The van der Waals surface area contributed by atoms with Gasteiger partial charge in [0.2, 0.25) is 0 Å². The highest BCUT2D eigenvalue weighted by Gasteiger charge is 2.34. The van der Waals surface area contributed by atoms with Crippen molar-refractivity contribution in [2.75, 3.05) is 12.0 Å². The van der Waals surface area contributed by atoms with E-state index < -0.39 is 17.8 Å². The average Bonchev–Trinajstić information content (AvgIpc) is 2.92. The van der Waals surface area contributed by atoms with Crippen LogP contribution < -0.4 is 5.73 Å². The van der Waals surface area contributed by atoms with Crippen molar-refractivity contribution < 1.29 is 13.2 Å². The van der Waals surface area contributed by atoms with Crippen molar-refractivity contribution in [3.05, 3.63) is 35.4 Å². The van der Waals surface area contributed by atoms with Crippen molar-refractivity contribution in [1.82, 2.24) is 10.2 Å². The monoisotopic (exact) mass is 351 g/mol. The molecule has 0 aliphatic carbocycles. The van der Waals surface area contributed by atoms with Crippen LogP contribution in [0.3, 0.4) is 0 Å². The van der Waals surface area contributed by atoms with Gasteiger partial charge in [0, 0.05) is 11.8 Å². The Morgan fingerprint density at radius 3 is 2.52 bits per heavy atom. The number of benzene rings is 1. The maximum atomic E-state index is 12.9. The molecule has 2 aromatic rings. The average molecular weight is 351 g/mol. The van der Waals surface area contributed by atoms with Crippen molar-refractivity contribution >= 4 is 34.9 Å². The molecule has 0 fully saturated rings. The minimum atomic E-state index is -4.40. The topological polar surface area (TPSA) is 51.8 Å². The SMILES string of the molecule is CSc1nnc(SCC(N)c2ccccc2C(F)(F)F)s1. The predicted molar refractivity (Wildman–Crippen MR) is 80.8 cm³/mol. The van der Waals surface area contributed by atoms with Gasteiger partial charge in [0.25, 0.3) is 0 Å². The molecule has 0 saturated carbocycles. The summed E-state index contributed by atoms with van der Waals surface area (Å²) in [6.07, 6.45) is -2.51. The second kappa shape index (κ2) is 6.99. The number of thioether (sulfide) groups is 2. The molecule has 1 unspecified atom stereocenters. The van der Waals surface area contributed by atoms with Crippen LogP contribution in [0.1, 0.15) is 17.2 Å². The van der Waals surface area contributed by atoms with Crippen LogP contribution in [0.4, 0.5) is 13.2 Å². The Balaban J connectivity index is 2.08. The fraction of sp³-hybridized carbons (Fsp3) is 0.333. The number of hydrogen-bond donors (Lipinski definition) is 1. The zero-order valence-electron chi connectivity index (χ0n) is 10.9. The molecule has 0 aliphatic rings. The lowest BCUT2D eigenvalue weighted by Crippen LogP contribution is -2.19. The summed E-state index contributed by atoms with van der Waals surface area (Å²) >= 11 is 4.20. The molecule has 1 aromatic heterocycles. The van der Waals surface area contributed by atoms with Crippen LogP contribution in [0.5, 0.6) is 0 Å². The van der Waals surface area contributed by atoms with E-state index in [4.69, 9.17) is 5.73 Å². The van der Waals surface area contributed by atoms with Crippen molar-refractivity contribution in [3.8, 4) is 0 Å². The van der Waals surface area contributed by atoms with E-state index in [2.05, 4.69) is 10.2 Å². The second-order valence-corrected chi connectivity index (χ2v) is 7.34. The zero-order valence-corrected chi connectivity index (χ0v) is 13.4. The third-order valence-electron chi connectivity index (χ3n) is 2.61. The minimum Gasteiger partial charge on any atom is -0.323 e. The Kier molecular flexibility index (Phi) is 5.53. The van der Waals surface area contributed by atoms with Gasteiger partial charge in [0.15, 0.2) is 8.68 Å². The van der Waals surface area contributed by atoms with Crippen molar-refractivity contribution in [2.24, 2.45) is 5.73 Å². The molecule has 1 atom stereocenters. The molecular weight excluding hydrogens is 339 g/mol. The number of aromatic nitrogens is 2. The van der Waals surface area contributed by atoms with Crippen molar-refractivity contribution in [1.29, 1.82) is 0 Å². The lowest BCUT2D eigenvalue weighted by Gasteiger charge is -2.17. The fourth-order valence-electron chi connectivity index (χ4n) is 1.67. The molecule has 0 amide bonds. The molecule has 114 valence electrons. The number of nitrogens with two attached hydrogens (primary N) is 1. The molecule has 0 saturated heterocycles. The molecule has 2 rings (SSSR count). The molecule has 1 heterocycles. The van der Waals surface area contributed by atoms with Crippen LogP contribution in [-0.4, -0.2) is 22.2 Å². The van der Waals surface area contributed by atoms with Crippen LogP contribution in [0.25, 0.3) is 0 Å². The fourth-order valence-corrected chi connectivity index (χ4v) is 4.11. The second-order valence-electron chi connectivity index (χ2n) is 4.04. The van der Waals surface area contributed by atoms with Gasteiger partial charge in [-0.2, -0.15) is 13.2 Å². The number of alkyl halides is 3. The summed E-state index contributed by atoms with van der Waals surface area (Å²) in [5.41, 5.74) is 5.33. The first kappa shape index (κ1) is 16.6. The van der Waals surface area contributed by atoms with Crippen LogP contribution in [-0.2, 0) is 6.18 Å². The summed E-state index contributed by atoms with van der Waals surface area (Å²) in [6, 6.07) is 4.68. The Bertz CT molecular complexity index is 601. The Morgan fingerprint density at radius 1 is 1.24 bits per heavy atom. The van der Waals surface area contributed by atoms with E-state index in [9.17, 15) is 13.2 Å². The number of rotatable bonds is 5. The van der Waals surface area contributed by atoms with Crippen LogP contribution in [0, 0.1) is 0 Å². The molecule has 0 bridgehead atoms. The van der Waals surface area contributed by atoms with Crippen LogP contribution >= 0.6 is 34.9 Å². The van der Waals surface area contributed by atoms with Crippen LogP contribution in [0.2, 0.25) is 0 Å². The molecule has 21 heavy (non-hydrogen) atoms. The summed E-state index contributed by atoms with van der Waals surface area (Å²) in [7, 11) is 0. The molecular formula is C12H12F3N3S3. The Hall–Kier alpha value is -0.770. The Morgan fingerprint density at radius 2 is 1.90 bits per heavy atom. The van der Waals surface area contributed by atoms with Gasteiger partial charge in [-0.3, -0.25) is 0 Å².